The van der Waals surface area contributed by atoms with Gasteiger partial charge in [0.15, 0.2) is 5.78 Å². The summed E-state index contributed by atoms with van der Waals surface area (Å²) in [6.45, 7) is 0. The van der Waals surface area contributed by atoms with Gasteiger partial charge in [0.25, 0.3) is 0 Å². The third-order valence-corrected chi connectivity index (χ3v) is 3.61. The van der Waals surface area contributed by atoms with Crippen LogP contribution < -0.4 is 4.74 Å². The molecule has 0 bridgehead atoms. The Morgan fingerprint density at radius 3 is 2.13 bits per heavy atom. The van der Waals surface area contributed by atoms with Crippen molar-refractivity contribution in [2.24, 2.45) is 0 Å². The van der Waals surface area contributed by atoms with E-state index in [-0.39, 0.29) is 5.78 Å². The monoisotopic (exact) mass is 302 g/mol. The van der Waals surface area contributed by atoms with Gasteiger partial charge in [-0.1, -0.05) is 60.7 Å². The molecule has 0 aromatic heterocycles. The Bertz CT molecular complexity index is 764. The van der Waals surface area contributed by atoms with E-state index in [0.29, 0.717) is 12.8 Å². The molecule has 0 saturated heterocycles. The molecule has 2 heteroatoms. The molecule has 0 aliphatic carbocycles. The number of ether oxygens (including phenoxy) is 1. The van der Waals surface area contributed by atoms with E-state index >= 15 is 0 Å². The Kier molecular flexibility index (Phi) is 4.85. The van der Waals surface area contributed by atoms with Gasteiger partial charge in [-0.2, -0.15) is 0 Å². The van der Waals surface area contributed by atoms with Gasteiger partial charge >= 0.3 is 0 Å². The van der Waals surface area contributed by atoms with E-state index < -0.39 is 0 Å². The Morgan fingerprint density at radius 1 is 0.739 bits per heavy atom. The van der Waals surface area contributed by atoms with Gasteiger partial charge in [0.05, 0.1) is 0 Å². The maximum absolute atomic E-state index is 12.2. The highest BCUT2D eigenvalue weighted by Crippen LogP contribution is 2.22. The molecular formula is C21H18O2. The van der Waals surface area contributed by atoms with Crippen LogP contribution in [-0.4, -0.2) is 5.78 Å². The zero-order valence-corrected chi connectivity index (χ0v) is 12.8. The summed E-state index contributed by atoms with van der Waals surface area (Å²) < 4.78 is 5.83. The van der Waals surface area contributed by atoms with Crippen molar-refractivity contribution in [1.29, 1.82) is 0 Å². The summed E-state index contributed by atoms with van der Waals surface area (Å²) in [5.41, 5.74) is 1.87. The number of benzene rings is 3. The van der Waals surface area contributed by atoms with Crippen LogP contribution in [0.1, 0.15) is 22.3 Å². The van der Waals surface area contributed by atoms with Crippen LogP contribution in [0.5, 0.6) is 11.5 Å². The van der Waals surface area contributed by atoms with Crippen molar-refractivity contribution >= 4 is 5.78 Å². The topological polar surface area (TPSA) is 26.3 Å². The number of aryl methyl sites for hydroxylation is 1. The fourth-order valence-electron chi connectivity index (χ4n) is 2.42. The van der Waals surface area contributed by atoms with Crippen LogP contribution in [-0.2, 0) is 6.42 Å². The molecule has 2 nitrogen and oxygen atoms in total. The summed E-state index contributed by atoms with van der Waals surface area (Å²) in [6, 6.07) is 27.0. The van der Waals surface area contributed by atoms with Crippen molar-refractivity contribution in [1.82, 2.24) is 0 Å². The standard InChI is InChI=1S/C21H18O2/c22-21(18-9-3-1-4-10-18)15-14-17-8-7-13-20(16-17)23-19-11-5-2-6-12-19/h1-13,16H,14-15H2. The van der Waals surface area contributed by atoms with Crippen molar-refractivity contribution in [2.45, 2.75) is 12.8 Å². The summed E-state index contributed by atoms with van der Waals surface area (Å²) >= 11 is 0. The summed E-state index contributed by atoms with van der Waals surface area (Å²) in [7, 11) is 0. The van der Waals surface area contributed by atoms with Crippen LogP contribution in [0.25, 0.3) is 0 Å². The molecule has 0 unspecified atom stereocenters. The fourth-order valence-corrected chi connectivity index (χ4v) is 2.42. The van der Waals surface area contributed by atoms with Gasteiger partial charge in [0, 0.05) is 12.0 Å². The van der Waals surface area contributed by atoms with Crippen LogP contribution in [0.3, 0.4) is 0 Å². The van der Waals surface area contributed by atoms with Crippen LogP contribution in [0.4, 0.5) is 0 Å². The maximum Gasteiger partial charge on any atom is 0.163 e. The number of carbonyl (C=O) groups is 1. The highest BCUT2D eigenvalue weighted by Gasteiger charge is 2.06. The summed E-state index contributed by atoms with van der Waals surface area (Å²) in [6.07, 6.45) is 1.21. The molecule has 0 aliphatic rings. The molecule has 3 aromatic carbocycles. The Labute approximate surface area is 136 Å². The normalized spacial score (nSPS) is 10.3. The summed E-state index contributed by atoms with van der Waals surface area (Å²) in [5.74, 6) is 1.77. The van der Waals surface area contributed by atoms with E-state index in [2.05, 4.69) is 0 Å². The third kappa shape index (κ3) is 4.30. The number of hydrogen-bond donors (Lipinski definition) is 0. The quantitative estimate of drug-likeness (QED) is 0.578. The maximum atomic E-state index is 12.2. The minimum absolute atomic E-state index is 0.167. The van der Waals surface area contributed by atoms with Gasteiger partial charge in [0.2, 0.25) is 0 Å². The SMILES string of the molecule is O=C(CCc1cccc(Oc2ccccc2)c1)c1ccccc1. The second-order valence-corrected chi connectivity index (χ2v) is 5.35. The summed E-state index contributed by atoms with van der Waals surface area (Å²) in [5, 5.41) is 0. The van der Waals surface area contributed by atoms with Gasteiger partial charge in [-0.15, -0.1) is 0 Å². The van der Waals surface area contributed by atoms with Crippen LogP contribution in [0, 0.1) is 0 Å². The summed E-state index contributed by atoms with van der Waals surface area (Å²) in [4.78, 5) is 12.2. The van der Waals surface area contributed by atoms with Crippen LogP contribution >= 0.6 is 0 Å². The van der Waals surface area contributed by atoms with E-state index in [1.807, 2.05) is 84.9 Å². The van der Waals surface area contributed by atoms with Crippen molar-refractivity contribution in [3.8, 4) is 11.5 Å². The zero-order valence-electron chi connectivity index (χ0n) is 12.8. The molecule has 23 heavy (non-hydrogen) atoms. The van der Waals surface area contributed by atoms with E-state index in [1.54, 1.807) is 0 Å². The Morgan fingerprint density at radius 2 is 1.39 bits per heavy atom. The molecule has 3 rings (SSSR count). The average molecular weight is 302 g/mol. The first kappa shape index (κ1) is 15.0. The predicted molar refractivity (Wildman–Crippen MR) is 92.1 cm³/mol. The zero-order chi connectivity index (χ0) is 15.9. The molecule has 0 spiro atoms. The highest BCUT2D eigenvalue weighted by molar-refractivity contribution is 5.96. The molecular weight excluding hydrogens is 284 g/mol. The first-order valence-corrected chi connectivity index (χ1v) is 7.71. The molecule has 0 atom stereocenters. The van der Waals surface area contributed by atoms with E-state index in [1.165, 1.54) is 0 Å². The van der Waals surface area contributed by atoms with Crippen molar-refractivity contribution < 1.29 is 9.53 Å². The minimum atomic E-state index is 0.167. The molecule has 0 saturated carbocycles. The van der Waals surface area contributed by atoms with Crippen molar-refractivity contribution in [3.63, 3.8) is 0 Å². The number of rotatable bonds is 6. The number of Topliss-reactive ketones (excluding diaryl/α,β-unsaturated/α-hetero) is 1. The number of carbonyl (C=O) groups excluding carboxylic acids is 1. The van der Waals surface area contributed by atoms with E-state index in [0.717, 1.165) is 22.6 Å². The third-order valence-electron chi connectivity index (χ3n) is 3.61. The highest BCUT2D eigenvalue weighted by atomic mass is 16.5. The lowest BCUT2D eigenvalue weighted by atomic mass is 10.0. The number of hydrogen-bond acceptors (Lipinski definition) is 2. The lowest BCUT2D eigenvalue weighted by Gasteiger charge is -2.07. The van der Waals surface area contributed by atoms with Gasteiger partial charge in [-0.05, 0) is 36.2 Å². The second-order valence-electron chi connectivity index (χ2n) is 5.35. The number of para-hydroxylation sites is 1. The molecule has 0 radical (unpaired) electrons. The molecule has 0 heterocycles. The lowest BCUT2D eigenvalue weighted by Crippen LogP contribution is -2.00. The molecule has 0 N–H and O–H groups in total. The van der Waals surface area contributed by atoms with Crippen molar-refractivity contribution in [3.05, 3.63) is 96.1 Å². The molecule has 0 amide bonds. The van der Waals surface area contributed by atoms with Crippen molar-refractivity contribution in [2.75, 3.05) is 0 Å². The van der Waals surface area contributed by atoms with Gasteiger partial charge in [0.1, 0.15) is 11.5 Å². The van der Waals surface area contributed by atoms with Crippen LogP contribution in [0.15, 0.2) is 84.9 Å². The Balaban J connectivity index is 1.63. The molecule has 0 aliphatic heterocycles. The van der Waals surface area contributed by atoms with E-state index in [9.17, 15) is 4.79 Å². The second kappa shape index (κ2) is 7.41. The van der Waals surface area contributed by atoms with Gasteiger partial charge in [-0.3, -0.25) is 4.79 Å². The van der Waals surface area contributed by atoms with E-state index in [4.69, 9.17) is 4.74 Å². The number of ketones is 1. The first-order valence-electron chi connectivity index (χ1n) is 7.71. The molecule has 3 aromatic rings. The first-order chi connectivity index (χ1) is 11.3. The average Bonchev–Trinajstić information content (AvgIpc) is 2.62. The smallest absolute Gasteiger partial charge is 0.163 e. The largest absolute Gasteiger partial charge is 0.457 e. The van der Waals surface area contributed by atoms with Gasteiger partial charge < -0.3 is 4.74 Å². The fraction of sp³-hybridized carbons (Fsp3) is 0.0952. The van der Waals surface area contributed by atoms with Crippen LogP contribution in [0.2, 0.25) is 0 Å². The van der Waals surface area contributed by atoms with Gasteiger partial charge in [-0.25, -0.2) is 0 Å². The predicted octanol–water partition coefficient (Wildman–Crippen LogP) is 5.29. The molecule has 0 fully saturated rings. The molecule has 114 valence electrons. The lowest BCUT2D eigenvalue weighted by molar-refractivity contribution is 0.0983. The minimum Gasteiger partial charge on any atom is -0.457 e. The Hall–Kier alpha value is -2.87.